The van der Waals surface area contributed by atoms with E-state index in [1.165, 1.54) is 32.1 Å². The van der Waals surface area contributed by atoms with Gasteiger partial charge in [0, 0.05) is 49.3 Å². The Labute approximate surface area is 237 Å². The SMILES string of the molecule is C[C@H](Oc1cc(N2CCNC3(CCCC3)C2)nc(-c2noc3c2CCC[C@@]32CCCCC2=O)n1)[C@@H]1CCCN1C. The summed E-state index contributed by atoms with van der Waals surface area (Å²) in [6.45, 7) is 6.05. The minimum Gasteiger partial charge on any atom is -0.473 e. The predicted molar refractivity (Wildman–Crippen MR) is 153 cm³/mol. The lowest BCUT2D eigenvalue weighted by Gasteiger charge is -2.42. The minimum atomic E-state index is -0.511. The zero-order chi connectivity index (χ0) is 27.3. The Balaban J connectivity index is 1.26. The van der Waals surface area contributed by atoms with Crippen LogP contribution in [0.1, 0.15) is 95.3 Å². The summed E-state index contributed by atoms with van der Waals surface area (Å²) in [5, 5.41) is 8.39. The number of fused-ring (bicyclic) bond motifs is 2. The van der Waals surface area contributed by atoms with Gasteiger partial charge in [-0.15, -0.1) is 0 Å². The van der Waals surface area contributed by atoms with Crippen LogP contribution in [-0.2, 0) is 16.6 Å². The van der Waals surface area contributed by atoms with Crippen LogP contribution in [0.25, 0.3) is 11.5 Å². The molecule has 3 aliphatic carbocycles. The van der Waals surface area contributed by atoms with E-state index in [2.05, 4.69) is 34.2 Å². The van der Waals surface area contributed by atoms with Gasteiger partial charge in [-0.2, -0.15) is 4.98 Å². The second-order valence-electron chi connectivity index (χ2n) is 13.1. The van der Waals surface area contributed by atoms with Gasteiger partial charge in [0.05, 0.1) is 5.41 Å². The lowest BCUT2D eigenvalue weighted by molar-refractivity contribution is -0.128. The van der Waals surface area contributed by atoms with Crippen LogP contribution in [0.5, 0.6) is 5.88 Å². The summed E-state index contributed by atoms with van der Waals surface area (Å²) in [6.07, 6.45) is 13.5. The monoisotopic (exact) mass is 548 g/mol. The van der Waals surface area contributed by atoms with Gasteiger partial charge in [-0.3, -0.25) is 9.69 Å². The molecular weight excluding hydrogens is 504 g/mol. The van der Waals surface area contributed by atoms with E-state index in [-0.39, 0.29) is 11.6 Å². The molecule has 0 aromatic carbocycles. The maximum absolute atomic E-state index is 13.2. The minimum absolute atomic E-state index is 0.0154. The summed E-state index contributed by atoms with van der Waals surface area (Å²) in [5.74, 6) is 3.16. The van der Waals surface area contributed by atoms with Crippen LogP contribution in [0.3, 0.4) is 0 Å². The van der Waals surface area contributed by atoms with Crippen molar-refractivity contribution in [2.24, 2.45) is 0 Å². The third-order valence-corrected chi connectivity index (χ3v) is 10.6. The van der Waals surface area contributed by atoms with Crippen molar-refractivity contribution in [1.82, 2.24) is 25.3 Å². The molecule has 0 bridgehead atoms. The summed E-state index contributed by atoms with van der Waals surface area (Å²) in [6, 6.07) is 2.40. The molecule has 5 aliphatic rings. The predicted octanol–water partition coefficient (Wildman–Crippen LogP) is 4.43. The Morgan fingerprint density at radius 1 is 1.05 bits per heavy atom. The van der Waals surface area contributed by atoms with Gasteiger partial charge in [-0.05, 0) is 78.3 Å². The largest absolute Gasteiger partial charge is 0.473 e. The molecule has 0 unspecified atom stereocenters. The molecule has 2 aliphatic heterocycles. The second-order valence-corrected chi connectivity index (χ2v) is 13.1. The van der Waals surface area contributed by atoms with Crippen molar-refractivity contribution < 1.29 is 14.1 Å². The van der Waals surface area contributed by atoms with Crippen LogP contribution >= 0.6 is 0 Å². The average molecular weight is 549 g/mol. The Bertz CT molecular complexity index is 1260. The Kier molecular flexibility index (Phi) is 6.85. The number of aromatic nitrogens is 3. The van der Waals surface area contributed by atoms with E-state index in [9.17, 15) is 4.79 Å². The molecule has 2 saturated heterocycles. The first-order chi connectivity index (χ1) is 19.5. The standard InChI is InChI=1S/C31H44N6O3/c1-21(23-10-8-17-36(23)2)39-26-19-25(37-18-16-32-30(20-37)12-5-6-13-30)33-29(34-26)27-22-9-7-15-31(28(22)40-35-27)14-4-3-11-24(31)38/h19,21,23,32H,3-18,20H2,1-2H3/t21-,23-,31+/m0/s1. The molecule has 2 aromatic heterocycles. The topological polar surface area (TPSA) is 96.6 Å². The Morgan fingerprint density at radius 2 is 1.88 bits per heavy atom. The molecular formula is C31H44N6O3. The number of Topliss-reactive ketones (excluding diaryl/α,β-unsaturated/α-hetero) is 1. The summed E-state index contributed by atoms with van der Waals surface area (Å²) in [5.41, 5.74) is 1.38. The fourth-order valence-corrected chi connectivity index (χ4v) is 8.45. The van der Waals surface area contributed by atoms with Crippen LogP contribution in [0, 0.1) is 0 Å². The first-order valence-electron chi connectivity index (χ1n) is 15.8. The molecule has 0 amide bonds. The molecule has 7 rings (SSSR count). The van der Waals surface area contributed by atoms with Crippen LogP contribution < -0.4 is 15.0 Å². The van der Waals surface area contributed by atoms with Crippen LogP contribution in [0.4, 0.5) is 5.82 Å². The Morgan fingerprint density at radius 3 is 2.67 bits per heavy atom. The molecule has 2 saturated carbocycles. The molecule has 4 heterocycles. The maximum atomic E-state index is 13.2. The van der Waals surface area contributed by atoms with Gasteiger partial charge < -0.3 is 19.5 Å². The molecule has 1 N–H and O–H groups in total. The maximum Gasteiger partial charge on any atom is 0.219 e. The third-order valence-electron chi connectivity index (χ3n) is 10.6. The molecule has 40 heavy (non-hydrogen) atoms. The van der Waals surface area contributed by atoms with Gasteiger partial charge in [0.1, 0.15) is 17.7 Å². The lowest BCUT2D eigenvalue weighted by Crippen LogP contribution is -2.59. The van der Waals surface area contributed by atoms with Crippen molar-refractivity contribution in [3.63, 3.8) is 0 Å². The fourth-order valence-electron chi connectivity index (χ4n) is 8.45. The number of nitrogens with one attached hydrogen (secondary N) is 1. The number of anilines is 1. The first-order valence-corrected chi connectivity index (χ1v) is 15.8. The highest BCUT2D eigenvalue weighted by atomic mass is 16.5. The molecule has 4 fully saturated rings. The van der Waals surface area contributed by atoms with Gasteiger partial charge in [0.2, 0.25) is 5.88 Å². The molecule has 0 radical (unpaired) electrons. The van der Waals surface area contributed by atoms with E-state index in [1.54, 1.807) is 0 Å². The zero-order valence-corrected chi connectivity index (χ0v) is 24.2. The van der Waals surface area contributed by atoms with Crippen molar-refractivity contribution >= 4 is 11.6 Å². The van der Waals surface area contributed by atoms with Crippen molar-refractivity contribution in [3.05, 3.63) is 17.4 Å². The number of ketones is 1. The molecule has 9 nitrogen and oxygen atoms in total. The number of carbonyl (C=O) groups is 1. The van der Waals surface area contributed by atoms with Crippen LogP contribution in [0.15, 0.2) is 10.6 Å². The van der Waals surface area contributed by atoms with E-state index in [0.717, 1.165) is 88.3 Å². The van der Waals surface area contributed by atoms with Crippen LogP contribution in [-0.4, -0.2) is 76.7 Å². The first kappa shape index (κ1) is 26.4. The van der Waals surface area contributed by atoms with E-state index in [0.29, 0.717) is 35.6 Å². The summed E-state index contributed by atoms with van der Waals surface area (Å²) in [7, 11) is 2.18. The highest BCUT2D eigenvalue weighted by Crippen LogP contribution is 2.47. The van der Waals surface area contributed by atoms with Crippen molar-refractivity contribution in [2.45, 2.75) is 113 Å². The van der Waals surface area contributed by atoms with E-state index in [1.807, 2.05) is 6.07 Å². The zero-order valence-electron chi connectivity index (χ0n) is 24.2. The number of hydrogen-bond donors (Lipinski definition) is 1. The number of likely N-dealkylation sites (N-methyl/N-ethyl adjacent to an activating group) is 1. The molecule has 9 heteroatoms. The van der Waals surface area contributed by atoms with Crippen molar-refractivity contribution in [2.75, 3.05) is 38.1 Å². The fraction of sp³-hybridized carbons (Fsp3) is 0.742. The molecule has 3 atom stereocenters. The highest BCUT2D eigenvalue weighted by molar-refractivity contribution is 5.91. The van der Waals surface area contributed by atoms with Gasteiger partial charge in [-0.1, -0.05) is 24.4 Å². The van der Waals surface area contributed by atoms with Crippen molar-refractivity contribution in [3.8, 4) is 17.4 Å². The molecule has 216 valence electrons. The molecule has 2 aromatic rings. The summed E-state index contributed by atoms with van der Waals surface area (Å²) < 4.78 is 12.6. The number of piperazine rings is 1. The summed E-state index contributed by atoms with van der Waals surface area (Å²) >= 11 is 0. The van der Waals surface area contributed by atoms with Gasteiger partial charge in [0.25, 0.3) is 0 Å². The lowest BCUT2D eigenvalue weighted by atomic mass is 9.64. The number of hydrogen-bond acceptors (Lipinski definition) is 9. The number of rotatable bonds is 5. The normalized spacial score (nSPS) is 29.3. The number of nitrogens with zero attached hydrogens (tertiary/aromatic N) is 5. The van der Waals surface area contributed by atoms with Gasteiger partial charge >= 0.3 is 0 Å². The number of ether oxygens (including phenoxy) is 1. The van der Waals surface area contributed by atoms with Crippen molar-refractivity contribution in [1.29, 1.82) is 0 Å². The van der Waals surface area contributed by atoms with E-state index >= 15 is 0 Å². The highest BCUT2D eigenvalue weighted by Gasteiger charge is 2.48. The van der Waals surface area contributed by atoms with E-state index in [4.69, 9.17) is 19.2 Å². The third kappa shape index (κ3) is 4.53. The van der Waals surface area contributed by atoms with E-state index < -0.39 is 5.41 Å². The Hall–Kier alpha value is -2.52. The second kappa shape index (κ2) is 10.4. The quantitative estimate of drug-likeness (QED) is 0.582. The number of carbonyl (C=O) groups excluding carboxylic acids is 1. The summed E-state index contributed by atoms with van der Waals surface area (Å²) in [4.78, 5) is 28.1. The van der Waals surface area contributed by atoms with Gasteiger partial charge in [-0.25, -0.2) is 4.98 Å². The number of likely N-dealkylation sites (tertiary alicyclic amines) is 1. The smallest absolute Gasteiger partial charge is 0.219 e. The average Bonchev–Trinajstić information content (AvgIpc) is 3.71. The molecule has 2 spiro atoms. The van der Waals surface area contributed by atoms with Gasteiger partial charge in [0.15, 0.2) is 17.3 Å². The van der Waals surface area contributed by atoms with Crippen LogP contribution in [0.2, 0.25) is 0 Å².